The van der Waals surface area contributed by atoms with E-state index in [1.165, 1.54) is 4.90 Å². The molecule has 3 rings (SSSR count). The van der Waals surface area contributed by atoms with Gasteiger partial charge >= 0.3 is 0 Å². The first kappa shape index (κ1) is 19.0. The molecule has 0 spiro atoms. The highest BCUT2D eigenvalue weighted by molar-refractivity contribution is 7.89. The number of benzene rings is 2. The third-order valence-corrected chi connectivity index (χ3v) is 5.27. The van der Waals surface area contributed by atoms with Crippen molar-refractivity contribution in [2.45, 2.75) is 17.4 Å². The second-order valence-corrected chi connectivity index (χ2v) is 7.74. The molecular weight excluding hydrogens is 373 g/mol. The predicted molar refractivity (Wildman–Crippen MR) is 95.8 cm³/mol. The van der Waals surface area contributed by atoms with Gasteiger partial charge in [0.05, 0.1) is 10.5 Å². The number of primary sulfonamides is 1. The molecular formula is C18H18FN3O4S. The third-order valence-electron chi connectivity index (χ3n) is 4.36. The fraction of sp³-hybridized carbons (Fsp3) is 0.222. The van der Waals surface area contributed by atoms with Crippen LogP contribution in [0.2, 0.25) is 0 Å². The number of nitrogens with zero attached hydrogens (tertiary/aromatic N) is 1. The number of hydrogen-bond acceptors (Lipinski definition) is 4. The highest BCUT2D eigenvalue weighted by atomic mass is 32.2. The van der Waals surface area contributed by atoms with Gasteiger partial charge in [0.1, 0.15) is 11.9 Å². The standard InChI is InChI=1S/C18H18FN3O4S/c19-15-7-6-13(27(20,25)26)11-14(15)18(24)22-9-8-21-17(23)16(22)10-12-4-2-1-3-5-12/h1-7,11,16H,8-10H2,(H,21,23)(H2,20,25,26). The van der Waals surface area contributed by atoms with Gasteiger partial charge in [0.25, 0.3) is 5.91 Å². The summed E-state index contributed by atoms with van der Waals surface area (Å²) in [5, 5.41) is 7.76. The summed E-state index contributed by atoms with van der Waals surface area (Å²) in [5.74, 6) is -1.98. The van der Waals surface area contributed by atoms with Crippen LogP contribution in [0, 0.1) is 5.82 Å². The van der Waals surface area contributed by atoms with Crippen molar-refractivity contribution in [2.24, 2.45) is 5.14 Å². The Morgan fingerprint density at radius 1 is 1.22 bits per heavy atom. The largest absolute Gasteiger partial charge is 0.353 e. The van der Waals surface area contributed by atoms with Gasteiger partial charge in [-0.2, -0.15) is 0 Å². The summed E-state index contributed by atoms with van der Waals surface area (Å²) in [6.45, 7) is 0.410. The predicted octanol–water partition coefficient (Wildman–Crippen LogP) is 0.656. The Morgan fingerprint density at radius 2 is 1.93 bits per heavy atom. The highest BCUT2D eigenvalue weighted by Gasteiger charge is 2.34. The number of amides is 2. The average molecular weight is 391 g/mol. The minimum atomic E-state index is -4.10. The smallest absolute Gasteiger partial charge is 0.257 e. The fourth-order valence-corrected chi connectivity index (χ4v) is 3.54. The van der Waals surface area contributed by atoms with Crippen LogP contribution >= 0.6 is 0 Å². The summed E-state index contributed by atoms with van der Waals surface area (Å²) >= 11 is 0. The normalized spacial score (nSPS) is 17.5. The van der Waals surface area contributed by atoms with Gasteiger partial charge in [0, 0.05) is 19.5 Å². The molecule has 2 aromatic carbocycles. The summed E-state index contributed by atoms with van der Waals surface area (Å²) in [4.78, 5) is 26.2. The number of halogens is 1. The summed E-state index contributed by atoms with van der Waals surface area (Å²) in [7, 11) is -4.10. The maximum Gasteiger partial charge on any atom is 0.257 e. The first-order valence-electron chi connectivity index (χ1n) is 8.22. The number of rotatable bonds is 4. The van der Waals surface area contributed by atoms with Crippen LogP contribution < -0.4 is 10.5 Å². The van der Waals surface area contributed by atoms with Gasteiger partial charge in [-0.05, 0) is 23.8 Å². The van der Waals surface area contributed by atoms with Crippen molar-refractivity contribution in [3.05, 3.63) is 65.5 Å². The van der Waals surface area contributed by atoms with Crippen LogP contribution in [-0.4, -0.2) is 44.3 Å². The molecule has 3 N–H and O–H groups in total. The van der Waals surface area contributed by atoms with E-state index in [1.807, 2.05) is 30.3 Å². The van der Waals surface area contributed by atoms with Crippen LogP contribution in [0.4, 0.5) is 4.39 Å². The number of sulfonamides is 1. The summed E-state index contributed by atoms with van der Waals surface area (Å²) < 4.78 is 37.3. The lowest BCUT2D eigenvalue weighted by Crippen LogP contribution is -2.58. The topological polar surface area (TPSA) is 110 Å². The van der Waals surface area contributed by atoms with E-state index >= 15 is 0 Å². The Morgan fingerprint density at radius 3 is 2.59 bits per heavy atom. The molecule has 2 aromatic rings. The second kappa shape index (κ2) is 7.45. The second-order valence-electron chi connectivity index (χ2n) is 6.18. The molecule has 0 radical (unpaired) electrons. The maximum atomic E-state index is 14.2. The van der Waals surface area contributed by atoms with E-state index in [-0.39, 0.29) is 30.3 Å². The Hall–Kier alpha value is -2.78. The lowest BCUT2D eigenvalue weighted by atomic mass is 10.0. The minimum absolute atomic E-state index is 0.182. The third kappa shape index (κ3) is 4.15. The van der Waals surface area contributed by atoms with Gasteiger partial charge in [-0.1, -0.05) is 30.3 Å². The molecule has 1 aliphatic heterocycles. The van der Waals surface area contributed by atoms with Gasteiger partial charge in [-0.25, -0.2) is 17.9 Å². The molecule has 0 aromatic heterocycles. The number of nitrogens with two attached hydrogens (primary N) is 1. The van der Waals surface area contributed by atoms with Crippen molar-refractivity contribution in [2.75, 3.05) is 13.1 Å². The van der Waals surface area contributed by atoms with E-state index < -0.39 is 33.4 Å². The molecule has 2 amide bonds. The van der Waals surface area contributed by atoms with Crippen molar-refractivity contribution >= 4 is 21.8 Å². The fourth-order valence-electron chi connectivity index (χ4n) is 3.00. The molecule has 7 nitrogen and oxygen atoms in total. The van der Waals surface area contributed by atoms with Crippen LogP contribution in [-0.2, 0) is 21.2 Å². The van der Waals surface area contributed by atoms with E-state index in [9.17, 15) is 22.4 Å². The van der Waals surface area contributed by atoms with Crippen LogP contribution in [0.3, 0.4) is 0 Å². The molecule has 1 unspecified atom stereocenters. The number of carbonyl (C=O) groups is 2. The Kier molecular flexibility index (Phi) is 5.24. The molecule has 1 atom stereocenters. The Bertz CT molecular complexity index is 979. The number of hydrogen-bond donors (Lipinski definition) is 2. The molecule has 1 fully saturated rings. The van der Waals surface area contributed by atoms with E-state index in [0.717, 1.165) is 23.8 Å². The average Bonchev–Trinajstić information content (AvgIpc) is 2.63. The molecule has 142 valence electrons. The Labute approximate surface area is 156 Å². The molecule has 1 heterocycles. The maximum absolute atomic E-state index is 14.2. The molecule has 1 saturated heterocycles. The van der Waals surface area contributed by atoms with E-state index in [0.29, 0.717) is 0 Å². The van der Waals surface area contributed by atoms with Gasteiger partial charge in [-0.3, -0.25) is 9.59 Å². The summed E-state index contributed by atoms with van der Waals surface area (Å²) in [6.07, 6.45) is 0.259. The van der Waals surface area contributed by atoms with Gasteiger partial charge in [-0.15, -0.1) is 0 Å². The summed E-state index contributed by atoms with van der Waals surface area (Å²) in [5.41, 5.74) is 0.408. The van der Waals surface area contributed by atoms with Crippen molar-refractivity contribution in [3.8, 4) is 0 Å². The zero-order valence-electron chi connectivity index (χ0n) is 14.3. The minimum Gasteiger partial charge on any atom is -0.353 e. The first-order valence-corrected chi connectivity index (χ1v) is 9.77. The zero-order chi connectivity index (χ0) is 19.6. The first-order chi connectivity index (χ1) is 12.8. The molecule has 27 heavy (non-hydrogen) atoms. The van der Waals surface area contributed by atoms with Crippen molar-refractivity contribution in [3.63, 3.8) is 0 Å². The molecule has 9 heteroatoms. The Balaban J connectivity index is 1.95. The number of piperazine rings is 1. The number of nitrogens with one attached hydrogen (secondary N) is 1. The summed E-state index contributed by atoms with van der Waals surface area (Å²) in [6, 6.07) is 11.1. The highest BCUT2D eigenvalue weighted by Crippen LogP contribution is 2.20. The van der Waals surface area contributed by atoms with Gasteiger partial charge < -0.3 is 10.2 Å². The lowest BCUT2D eigenvalue weighted by molar-refractivity contribution is -0.127. The van der Waals surface area contributed by atoms with Crippen LogP contribution in [0.1, 0.15) is 15.9 Å². The lowest BCUT2D eigenvalue weighted by Gasteiger charge is -2.35. The van der Waals surface area contributed by atoms with Crippen LogP contribution in [0.25, 0.3) is 0 Å². The molecule has 0 aliphatic carbocycles. The number of carbonyl (C=O) groups excluding carboxylic acids is 2. The molecule has 0 bridgehead atoms. The van der Waals surface area contributed by atoms with Crippen molar-refractivity contribution in [1.82, 2.24) is 10.2 Å². The van der Waals surface area contributed by atoms with Crippen molar-refractivity contribution in [1.29, 1.82) is 0 Å². The van der Waals surface area contributed by atoms with E-state index in [2.05, 4.69) is 5.32 Å². The monoisotopic (exact) mass is 391 g/mol. The van der Waals surface area contributed by atoms with Gasteiger partial charge in [0.2, 0.25) is 15.9 Å². The zero-order valence-corrected chi connectivity index (χ0v) is 15.1. The molecule has 0 saturated carbocycles. The van der Waals surface area contributed by atoms with Crippen LogP contribution in [0.5, 0.6) is 0 Å². The van der Waals surface area contributed by atoms with E-state index in [1.54, 1.807) is 0 Å². The quantitative estimate of drug-likeness (QED) is 0.798. The van der Waals surface area contributed by atoms with Crippen molar-refractivity contribution < 1.29 is 22.4 Å². The van der Waals surface area contributed by atoms with Crippen LogP contribution in [0.15, 0.2) is 53.4 Å². The van der Waals surface area contributed by atoms with E-state index in [4.69, 9.17) is 5.14 Å². The SMILES string of the molecule is NS(=O)(=O)c1ccc(F)c(C(=O)N2CCNC(=O)C2Cc2ccccc2)c1. The van der Waals surface area contributed by atoms with Gasteiger partial charge in [0.15, 0.2) is 0 Å². The molecule has 1 aliphatic rings.